The second-order valence-electron chi connectivity index (χ2n) is 7.61. The summed E-state index contributed by atoms with van der Waals surface area (Å²) in [6, 6.07) is 17.6. The van der Waals surface area contributed by atoms with Gasteiger partial charge in [-0.3, -0.25) is 14.4 Å². The van der Waals surface area contributed by atoms with Gasteiger partial charge >= 0.3 is 0 Å². The second-order valence-corrected chi connectivity index (χ2v) is 8.63. The lowest BCUT2D eigenvalue weighted by atomic mass is 10.1. The van der Waals surface area contributed by atoms with Gasteiger partial charge in [-0.25, -0.2) is 0 Å². The number of piperazine rings is 1. The maximum Gasteiger partial charge on any atom is 0.233 e. The Balaban J connectivity index is 1.24. The normalized spacial score (nSPS) is 20.5. The molecule has 0 aromatic heterocycles. The lowest BCUT2D eigenvalue weighted by molar-refractivity contribution is -0.139. The van der Waals surface area contributed by atoms with E-state index < -0.39 is 0 Å². The van der Waals surface area contributed by atoms with Crippen LogP contribution in [-0.4, -0.2) is 60.0 Å². The summed E-state index contributed by atoms with van der Waals surface area (Å²) in [5.41, 5.74) is 1.95. The molecule has 156 valence electrons. The van der Waals surface area contributed by atoms with Gasteiger partial charge in [0, 0.05) is 37.0 Å². The van der Waals surface area contributed by atoms with E-state index >= 15 is 0 Å². The molecular weight excluding hydrogens is 398 g/mol. The first-order valence-electron chi connectivity index (χ1n) is 10.2. The molecule has 30 heavy (non-hydrogen) atoms. The van der Waals surface area contributed by atoms with Crippen molar-refractivity contribution in [1.29, 1.82) is 0 Å². The largest absolute Gasteiger partial charge is 0.339 e. The first kappa shape index (κ1) is 20.5. The topological polar surface area (TPSA) is 69.7 Å². The van der Waals surface area contributed by atoms with Crippen molar-refractivity contribution in [3.05, 3.63) is 60.2 Å². The average molecular weight is 424 g/mol. The van der Waals surface area contributed by atoms with Crippen LogP contribution in [0.1, 0.15) is 17.9 Å². The van der Waals surface area contributed by atoms with Crippen LogP contribution in [0.2, 0.25) is 0 Å². The fourth-order valence-electron chi connectivity index (χ4n) is 3.95. The Morgan fingerprint density at radius 2 is 1.63 bits per heavy atom. The van der Waals surface area contributed by atoms with Gasteiger partial charge in [0.25, 0.3) is 0 Å². The van der Waals surface area contributed by atoms with Crippen molar-refractivity contribution in [2.45, 2.75) is 17.2 Å². The number of rotatable bonds is 7. The van der Waals surface area contributed by atoms with Gasteiger partial charge < -0.3 is 15.1 Å². The highest BCUT2D eigenvalue weighted by Gasteiger charge is 2.46. The van der Waals surface area contributed by atoms with Gasteiger partial charge in [-0.05, 0) is 30.0 Å². The van der Waals surface area contributed by atoms with E-state index in [1.807, 2.05) is 52.3 Å². The number of anilines is 1. The SMILES string of the molecule is O=CNc1ccccc1SCC(=O)N1CCN(C(=O)[C@@H]2C[C@H]2c2ccccc2)CC1. The highest BCUT2D eigenvalue weighted by Crippen LogP contribution is 2.48. The fourth-order valence-corrected chi connectivity index (χ4v) is 4.87. The van der Waals surface area contributed by atoms with Crippen LogP contribution in [0.3, 0.4) is 0 Å². The Hall–Kier alpha value is -2.80. The van der Waals surface area contributed by atoms with Gasteiger partial charge in [-0.2, -0.15) is 0 Å². The molecule has 1 saturated carbocycles. The zero-order valence-electron chi connectivity index (χ0n) is 16.7. The van der Waals surface area contributed by atoms with Crippen LogP contribution in [0.15, 0.2) is 59.5 Å². The van der Waals surface area contributed by atoms with Gasteiger partial charge in [0.2, 0.25) is 18.2 Å². The van der Waals surface area contributed by atoms with E-state index in [0.717, 1.165) is 11.3 Å². The van der Waals surface area contributed by atoms with E-state index in [1.54, 1.807) is 0 Å². The molecule has 0 bridgehead atoms. The summed E-state index contributed by atoms with van der Waals surface area (Å²) >= 11 is 1.42. The third-order valence-corrected chi connectivity index (χ3v) is 6.79. The van der Waals surface area contributed by atoms with Crippen LogP contribution in [0, 0.1) is 5.92 Å². The number of nitrogens with zero attached hydrogens (tertiary/aromatic N) is 2. The zero-order chi connectivity index (χ0) is 20.9. The second kappa shape index (κ2) is 9.34. The number of hydrogen-bond donors (Lipinski definition) is 1. The predicted molar refractivity (Wildman–Crippen MR) is 117 cm³/mol. The van der Waals surface area contributed by atoms with Crippen molar-refractivity contribution in [2.75, 3.05) is 37.2 Å². The monoisotopic (exact) mass is 423 g/mol. The van der Waals surface area contributed by atoms with Gasteiger partial charge in [-0.1, -0.05) is 42.5 Å². The van der Waals surface area contributed by atoms with Crippen molar-refractivity contribution < 1.29 is 14.4 Å². The summed E-state index contributed by atoms with van der Waals surface area (Å²) < 4.78 is 0. The maximum atomic E-state index is 12.8. The van der Waals surface area contributed by atoms with Crippen LogP contribution in [0.25, 0.3) is 0 Å². The van der Waals surface area contributed by atoms with E-state index in [4.69, 9.17) is 0 Å². The van der Waals surface area contributed by atoms with Crippen molar-refractivity contribution in [1.82, 2.24) is 9.80 Å². The van der Waals surface area contributed by atoms with E-state index in [0.29, 0.717) is 49.9 Å². The molecule has 1 N–H and O–H groups in total. The molecule has 4 rings (SSSR count). The summed E-state index contributed by atoms with van der Waals surface area (Å²) in [5.74, 6) is 1.02. The van der Waals surface area contributed by atoms with Gasteiger partial charge in [-0.15, -0.1) is 11.8 Å². The number of carbonyl (C=O) groups excluding carboxylic acids is 3. The number of para-hydroxylation sites is 1. The fraction of sp³-hybridized carbons (Fsp3) is 0.348. The van der Waals surface area contributed by atoms with E-state index in [1.165, 1.54) is 17.3 Å². The Labute approximate surface area is 180 Å². The number of carbonyl (C=O) groups is 3. The zero-order valence-corrected chi connectivity index (χ0v) is 17.5. The third kappa shape index (κ3) is 4.67. The lowest BCUT2D eigenvalue weighted by Gasteiger charge is -2.35. The molecule has 1 heterocycles. The molecule has 2 aromatic carbocycles. The van der Waals surface area contributed by atoms with Crippen molar-refractivity contribution in [3.63, 3.8) is 0 Å². The molecule has 2 aliphatic rings. The molecule has 7 heteroatoms. The standard InChI is InChI=1S/C23H25N3O3S/c27-16-24-20-8-4-5-9-21(20)30-15-22(28)25-10-12-26(13-11-25)23(29)19-14-18(19)17-6-2-1-3-7-17/h1-9,16,18-19H,10-15H2,(H,24,27)/t18-,19+/m0/s1. The predicted octanol–water partition coefficient (Wildman–Crippen LogP) is 2.82. The first-order chi connectivity index (χ1) is 14.7. The summed E-state index contributed by atoms with van der Waals surface area (Å²) in [6.07, 6.45) is 1.56. The minimum absolute atomic E-state index is 0.0570. The third-order valence-electron chi connectivity index (χ3n) is 5.73. The number of thioether (sulfide) groups is 1. The quantitative estimate of drug-likeness (QED) is 0.549. The maximum absolute atomic E-state index is 12.8. The first-order valence-corrected chi connectivity index (χ1v) is 11.2. The Bertz CT molecular complexity index is 913. The van der Waals surface area contributed by atoms with Gasteiger partial charge in [0.05, 0.1) is 11.4 Å². The van der Waals surface area contributed by atoms with Crippen LogP contribution < -0.4 is 5.32 Å². The summed E-state index contributed by atoms with van der Waals surface area (Å²) in [7, 11) is 0. The van der Waals surface area contributed by atoms with E-state index in [2.05, 4.69) is 17.4 Å². The number of nitrogens with one attached hydrogen (secondary N) is 1. The number of benzene rings is 2. The minimum atomic E-state index is 0.0570. The molecule has 2 atom stereocenters. The Kier molecular flexibility index (Phi) is 6.38. The van der Waals surface area contributed by atoms with E-state index in [9.17, 15) is 14.4 Å². The average Bonchev–Trinajstić information content (AvgIpc) is 3.60. The van der Waals surface area contributed by atoms with Crippen LogP contribution in [-0.2, 0) is 14.4 Å². The molecule has 0 unspecified atom stereocenters. The molecule has 1 aliphatic heterocycles. The smallest absolute Gasteiger partial charge is 0.233 e. The molecular formula is C23H25N3O3S. The summed E-state index contributed by atoms with van der Waals surface area (Å²) in [6.45, 7) is 2.33. The van der Waals surface area contributed by atoms with E-state index in [-0.39, 0.29) is 17.7 Å². The summed E-state index contributed by atoms with van der Waals surface area (Å²) in [4.78, 5) is 40.8. The van der Waals surface area contributed by atoms with Crippen molar-refractivity contribution in [2.24, 2.45) is 5.92 Å². The molecule has 0 radical (unpaired) electrons. The molecule has 0 spiro atoms. The molecule has 3 amide bonds. The Morgan fingerprint density at radius 3 is 2.37 bits per heavy atom. The molecule has 2 aromatic rings. The van der Waals surface area contributed by atoms with Crippen LogP contribution >= 0.6 is 11.8 Å². The van der Waals surface area contributed by atoms with Gasteiger partial charge in [0.15, 0.2) is 0 Å². The molecule has 2 fully saturated rings. The molecule has 6 nitrogen and oxygen atoms in total. The van der Waals surface area contributed by atoms with Crippen LogP contribution in [0.4, 0.5) is 5.69 Å². The highest BCUT2D eigenvalue weighted by molar-refractivity contribution is 8.00. The molecule has 1 saturated heterocycles. The van der Waals surface area contributed by atoms with Gasteiger partial charge in [0.1, 0.15) is 0 Å². The molecule has 1 aliphatic carbocycles. The number of hydrogen-bond acceptors (Lipinski definition) is 4. The lowest BCUT2D eigenvalue weighted by Crippen LogP contribution is -2.51. The minimum Gasteiger partial charge on any atom is -0.339 e. The Morgan fingerprint density at radius 1 is 0.967 bits per heavy atom. The van der Waals surface area contributed by atoms with Crippen molar-refractivity contribution >= 4 is 35.7 Å². The highest BCUT2D eigenvalue weighted by atomic mass is 32.2. The summed E-state index contributed by atoms with van der Waals surface area (Å²) in [5, 5.41) is 2.66. The number of amides is 3. The van der Waals surface area contributed by atoms with Crippen molar-refractivity contribution in [3.8, 4) is 0 Å². The van der Waals surface area contributed by atoms with Crippen LogP contribution in [0.5, 0.6) is 0 Å².